The van der Waals surface area contributed by atoms with E-state index in [0.717, 1.165) is 5.56 Å². The zero-order valence-electron chi connectivity index (χ0n) is 16.5. The molecule has 1 amide bonds. The number of nitrogens with zero attached hydrogens (tertiary/aromatic N) is 2. The van der Waals surface area contributed by atoms with E-state index in [1.54, 1.807) is 41.3 Å². The lowest BCUT2D eigenvalue weighted by atomic mass is 10.1. The average molecular weight is 483 g/mol. The first-order valence-electron chi connectivity index (χ1n) is 9.05. The highest BCUT2D eigenvalue weighted by Crippen LogP contribution is 2.34. The van der Waals surface area contributed by atoms with Crippen LogP contribution in [0.2, 0.25) is 0 Å². The van der Waals surface area contributed by atoms with Crippen LogP contribution in [-0.2, 0) is 10.0 Å². The molecule has 1 aliphatic rings. The van der Waals surface area contributed by atoms with Gasteiger partial charge in [0.25, 0.3) is 5.91 Å². The van der Waals surface area contributed by atoms with Crippen LogP contribution in [0.15, 0.2) is 45.8 Å². The van der Waals surface area contributed by atoms with E-state index in [2.05, 4.69) is 15.9 Å². The Hall–Kier alpha value is -2.10. The predicted octanol–water partition coefficient (Wildman–Crippen LogP) is 2.92. The van der Waals surface area contributed by atoms with Crippen LogP contribution < -0.4 is 9.47 Å². The number of hydrogen-bond donors (Lipinski definition) is 0. The normalized spacial score (nSPS) is 15.2. The summed E-state index contributed by atoms with van der Waals surface area (Å²) in [6.07, 6.45) is 0. The molecule has 0 radical (unpaired) electrons. The lowest BCUT2D eigenvalue weighted by molar-refractivity contribution is 0.0694. The fourth-order valence-corrected chi connectivity index (χ4v) is 5.24. The number of sulfonamides is 1. The molecule has 1 saturated heterocycles. The second-order valence-corrected chi connectivity index (χ2v) is 9.49. The molecule has 7 nitrogen and oxygen atoms in total. The monoisotopic (exact) mass is 482 g/mol. The van der Waals surface area contributed by atoms with Gasteiger partial charge in [-0.2, -0.15) is 4.31 Å². The van der Waals surface area contributed by atoms with Crippen molar-refractivity contribution in [1.82, 2.24) is 9.21 Å². The molecule has 0 saturated carbocycles. The van der Waals surface area contributed by atoms with Gasteiger partial charge >= 0.3 is 0 Å². The Kier molecular flexibility index (Phi) is 6.50. The Morgan fingerprint density at radius 1 is 1.00 bits per heavy atom. The number of benzene rings is 2. The Morgan fingerprint density at radius 2 is 1.62 bits per heavy atom. The Labute approximate surface area is 179 Å². The van der Waals surface area contributed by atoms with Crippen molar-refractivity contribution in [3.8, 4) is 11.5 Å². The number of piperazine rings is 1. The number of aryl methyl sites for hydroxylation is 1. The van der Waals surface area contributed by atoms with E-state index in [4.69, 9.17) is 9.47 Å². The standard InChI is InChI=1S/C20H23BrN2O5S/c1-14-4-6-16(7-5-14)29(25,26)23-10-8-22(9-11-23)20(24)17-12-15(27-2)13-18(21)19(17)28-3/h4-7,12-13H,8-11H2,1-3H3. The van der Waals surface area contributed by atoms with E-state index >= 15 is 0 Å². The number of amides is 1. The maximum atomic E-state index is 13.1. The maximum Gasteiger partial charge on any atom is 0.257 e. The molecular formula is C20H23BrN2O5S. The summed E-state index contributed by atoms with van der Waals surface area (Å²) >= 11 is 3.39. The molecule has 2 aromatic carbocycles. The molecule has 0 aliphatic carbocycles. The molecule has 1 heterocycles. The zero-order chi connectivity index (χ0) is 21.2. The van der Waals surface area contributed by atoms with Gasteiger partial charge in [0.2, 0.25) is 10.0 Å². The average Bonchev–Trinajstić information content (AvgIpc) is 2.73. The molecule has 0 bridgehead atoms. The molecule has 3 rings (SSSR count). The summed E-state index contributed by atoms with van der Waals surface area (Å²) in [4.78, 5) is 15.0. The van der Waals surface area contributed by atoms with E-state index in [-0.39, 0.29) is 23.9 Å². The topological polar surface area (TPSA) is 76.2 Å². The first kappa shape index (κ1) is 21.6. The van der Waals surface area contributed by atoms with Gasteiger partial charge in [-0.3, -0.25) is 4.79 Å². The second-order valence-electron chi connectivity index (χ2n) is 6.70. The smallest absolute Gasteiger partial charge is 0.257 e. The van der Waals surface area contributed by atoms with Gasteiger partial charge in [-0.05, 0) is 47.1 Å². The Bertz CT molecular complexity index is 1000. The molecule has 0 atom stereocenters. The third-order valence-corrected chi connectivity index (χ3v) is 7.37. The summed E-state index contributed by atoms with van der Waals surface area (Å²) in [5.74, 6) is 0.723. The summed E-state index contributed by atoms with van der Waals surface area (Å²) in [6, 6.07) is 10.1. The molecule has 156 valence electrons. The molecule has 0 spiro atoms. The van der Waals surface area contributed by atoms with Crippen LogP contribution in [0.1, 0.15) is 15.9 Å². The SMILES string of the molecule is COc1cc(Br)c(OC)c(C(=O)N2CCN(S(=O)(=O)c3ccc(C)cc3)CC2)c1. The van der Waals surface area contributed by atoms with Crippen molar-refractivity contribution in [2.45, 2.75) is 11.8 Å². The fraction of sp³-hybridized carbons (Fsp3) is 0.350. The van der Waals surface area contributed by atoms with Gasteiger partial charge in [0.1, 0.15) is 11.5 Å². The lowest BCUT2D eigenvalue weighted by Crippen LogP contribution is -2.50. The van der Waals surface area contributed by atoms with Crippen molar-refractivity contribution in [3.05, 3.63) is 52.0 Å². The summed E-state index contributed by atoms with van der Waals surface area (Å²) < 4.78 is 38.4. The largest absolute Gasteiger partial charge is 0.497 e. The van der Waals surface area contributed by atoms with Crippen molar-refractivity contribution < 1.29 is 22.7 Å². The quantitative estimate of drug-likeness (QED) is 0.654. The summed E-state index contributed by atoms with van der Waals surface area (Å²) in [5.41, 5.74) is 1.37. The summed E-state index contributed by atoms with van der Waals surface area (Å²) in [5, 5.41) is 0. The van der Waals surface area contributed by atoms with Gasteiger partial charge in [0, 0.05) is 26.2 Å². The van der Waals surface area contributed by atoms with Crippen LogP contribution >= 0.6 is 15.9 Å². The maximum absolute atomic E-state index is 13.1. The molecule has 0 aromatic heterocycles. The summed E-state index contributed by atoms with van der Waals surface area (Å²) in [6.45, 7) is 2.96. The number of methoxy groups -OCH3 is 2. The fourth-order valence-electron chi connectivity index (χ4n) is 3.21. The van der Waals surface area contributed by atoms with Crippen molar-refractivity contribution in [1.29, 1.82) is 0 Å². The van der Waals surface area contributed by atoms with Crippen LogP contribution in [-0.4, -0.2) is 63.9 Å². The minimum absolute atomic E-state index is 0.228. The molecule has 2 aromatic rings. The van der Waals surface area contributed by atoms with Gasteiger partial charge in [0.15, 0.2) is 0 Å². The van der Waals surface area contributed by atoms with Crippen molar-refractivity contribution in [3.63, 3.8) is 0 Å². The van der Waals surface area contributed by atoms with Crippen LogP contribution in [0, 0.1) is 6.92 Å². The third kappa shape index (κ3) is 4.41. The van der Waals surface area contributed by atoms with Crippen molar-refractivity contribution >= 4 is 31.9 Å². The van der Waals surface area contributed by atoms with Gasteiger partial charge < -0.3 is 14.4 Å². The van der Waals surface area contributed by atoms with Gasteiger partial charge in [-0.1, -0.05) is 17.7 Å². The van der Waals surface area contributed by atoms with Crippen LogP contribution in [0.3, 0.4) is 0 Å². The van der Waals surface area contributed by atoms with E-state index in [9.17, 15) is 13.2 Å². The van der Waals surface area contributed by atoms with E-state index in [1.165, 1.54) is 18.5 Å². The summed E-state index contributed by atoms with van der Waals surface area (Å²) in [7, 11) is -0.559. The minimum atomic E-state index is -3.58. The highest BCUT2D eigenvalue weighted by molar-refractivity contribution is 9.10. The van der Waals surface area contributed by atoms with Crippen molar-refractivity contribution in [2.24, 2.45) is 0 Å². The number of ether oxygens (including phenoxy) is 2. The van der Waals surface area contributed by atoms with Gasteiger partial charge in [-0.25, -0.2) is 8.42 Å². The van der Waals surface area contributed by atoms with Crippen LogP contribution in [0.5, 0.6) is 11.5 Å². The molecule has 9 heteroatoms. The minimum Gasteiger partial charge on any atom is -0.497 e. The second kappa shape index (κ2) is 8.73. The molecular weight excluding hydrogens is 460 g/mol. The molecule has 0 unspecified atom stereocenters. The van der Waals surface area contributed by atoms with Crippen molar-refractivity contribution in [2.75, 3.05) is 40.4 Å². The molecule has 1 aliphatic heterocycles. The Balaban J connectivity index is 1.76. The first-order chi connectivity index (χ1) is 13.8. The van der Waals surface area contributed by atoms with Crippen LogP contribution in [0.4, 0.5) is 0 Å². The van der Waals surface area contributed by atoms with E-state index in [0.29, 0.717) is 34.6 Å². The zero-order valence-corrected chi connectivity index (χ0v) is 18.9. The van der Waals surface area contributed by atoms with Gasteiger partial charge in [-0.15, -0.1) is 0 Å². The lowest BCUT2D eigenvalue weighted by Gasteiger charge is -2.34. The number of rotatable bonds is 5. The molecule has 0 N–H and O–H groups in total. The third-order valence-electron chi connectivity index (χ3n) is 4.87. The number of carbonyl (C=O) groups excluding carboxylic acids is 1. The first-order valence-corrected chi connectivity index (χ1v) is 11.3. The van der Waals surface area contributed by atoms with E-state index < -0.39 is 10.0 Å². The molecule has 29 heavy (non-hydrogen) atoms. The highest BCUT2D eigenvalue weighted by atomic mass is 79.9. The number of carbonyl (C=O) groups is 1. The van der Waals surface area contributed by atoms with E-state index in [1.807, 2.05) is 6.92 Å². The highest BCUT2D eigenvalue weighted by Gasteiger charge is 2.31. The number of halogens is 1. The van der Waals surface area contributed by atoms with Crippen LogP contribution in [0.25, 0.3) is 0 Å². The number of hydrogen-bond acceptors (Lipinski definition) is 5. The van der Waals surface area contributed by atoms with Gasteiger partial charge in [0.05, 0.1) is 29.2 Å². The predicted molar refractivity (Wildman–Crippen MR) is 113 cm³/mol. The Morgan fingerprint density at radius 3 is 2.17 bits per heavy atom. The molecule has 1 fully saturated rings.